The zero-order valence-corrected chi connectivity index (χ0v) is 24.7. The Hall–Kier alpha value is -4.87. The second-order valence-electron chi connectivity index (χ2n) is 10.4. The van der Waals surface area contributed by atoms with Gasteiger partial charge in [0.2, 0.25) is 5.91 Å². The number of carbonyl (C=O) groups is 3. The summed E-state index contributed by atoms with van der Waals surface area (Å²) >= 11 is 0. The highest BCUT2D eigenvalue weighted by Gasteiger charge is 2.26. The molecule has 4 rings (SSSR count). The Balaban J connectivity index is 1.68. The van der Waals surface area contributed by atoms with Gasteiger partial charge in [-0.05, 0) is 55.9 Å². The number of carbonyl (C=O) groups excluding carboxylic acids is 3. The average Bonchev–Trinajstić information content (AvgIpc) is 3.01. The van der Waals surface area contributed by atoms with Crippen LogP contribution in [0.2, 0.25) is 0 Å². The standard InChI is InChI=1S/C32H35N5O6/c1-22(38)30(27-15-10-24(32(40)43-4)20-28(27)37(41)42)31(23-8-6-5-7-9-23)33-25-11-13-26(14-12-25)35(3)29(39)21-36-18-16-34(2)17-19-36/h5-15,20,33H,16-19,21H2,1-4H3/b31-30+. The van der Waals surface area contributed by atoms with Crippen molar-refractivity contribution in [3.63, 3.8) is 0 Å². The lowest BCUT2D eigenvalue weighted by Crippen LogP contribution is -2.48. The predicted molar refractivity (Wildman–Crippen MR) is 166 cm³/mol. The summed E-state index contributed by atoms with van der Waals surface area (Å²) in [5, 5.41) is 15.4. The van der Waals surface area contributed by atoms with Crippen molar-refractivity contribution in [2.45, 2.75) is 6.92 Å². The van der Waals surface area contributed by atoms with Gasteiger partial charge in [-0.15, -0.1) is 0 Å². The van der Waals surface area contributed by atoms with E-state index in [1.165, 1.54) is 26.2 Å². The van der Waals surface area contributed by atoms with Crippen molar-refractivity contribution in [2.75, 3.05) is 64.1 Å². The Labute approximate surface area is 250 Å². The molecule has 3 aromatic carbocycles. The number of nitrogens with one attached hydrogen (secondary N) is 1. The summed E-state index contributed by atoms with van der Waals surface area (Å²) in [6.07, 6.45) is 0. The number of benzene rings is 3. The maximum atomic E-state index is 13.1. The van der Waals surface area contributed by atoms with Gasteiger partial charge in [0, 0.05) is 50.7 Å². The van der Waals surface area contributed by atoms with Crippen LogP contribution >= 0.6 is 0 Å². The van der Waals surface area contributed by atoms with E-state index in [1.807, 2.05) is 6.07 Å². The van der Waals surface area contributed by atoms with Crippen molar-refractivity contribution in [3.05, 3.63) is 99.6 Å². The number of nitrogens with zero attached hydrogens (tertiary/aromatic N) is 4. The van der Waals surface area contributed by atoms with Crippen LogP contribution < -0.4 is 10.2 Å². The molecule has 0 atom stereocenters. The zero-order valence-electron chi connectivity index (χ0n) is 24.7. The van der Waals surface area contributed by atoms with Crippen molar-refractivity contribution >= 4 is 46.0 Å². The Morgan fingerprint density at radius 3 is 2.19 bits per heavy atom. The Morgan fingerprint density at radius 1 is 0.953 bits per heavy atom. The molecule has 1 aliphatic heterocycles. The fourth-order valence-corrected chi connectivity index (χ4v) is 4.88. The molecule has 43 heavy (non-hydrogen) atoms. The number of hydrogen-bond donors (Lipinski definition) is 1. The maximum absolute atomic E-state index is 13.1. The lowest BCUT2D eigenvalue weighted by atomic mass is 9.94. The number of rotatable bonds is 10. The molecule has 224 valence electrons. The third-order valence-electron chi connectivity index (χ3n) is 7.40. The quantitative estimate of drug-likeness (QED) is 0.123. The van der Waals surface area contributed by atoms with Gasteiger partial charge >= 0.3 is 5.97 Å². The smallest absolute Gasteiger partial charge is 0.338 e. The molecule has 3 aromatic rings. The highest BCUT2D eigenvalue weighted by Crippen LogP contribution is 2.35. The molecular formula is C32H35N5O6. The van der Waals surface area contributed by atoms with E-state index in [-0.39, 0.29) is 22.6 Å². The molecule has 1 N–H and O–H groups in total. The lowest BCUT2D eigenvalue weighted by molar-refractivity contribution is -0.385. The van der Waals surface area contributed by atoms with Gasteiger partial charge in [0.25, 0.3) is 5.69 Å². The van der Waals surface area contributed by atoms with Gasteiger partial charge in [-0.25, -0.2) is 4.79 Å². The molecule has 1 amide bonds. The predicted octanol–water partition coefficient (Wildman–Crippen LogP) is 4.16. The first-order chi connectivity index (χ1) is 20.6. The van der Waals surface area contributed by atoms with Crippen LogP contribution in [0.25, 0.3) is 11.3 Å². The van der Waals surface area contributed by atoms with Crippen molar-refractivity contribution in [3.8, 4) is 0 Å². The van der Waals surface area contributed by atoms with E-state index in [2.05, 4.69) is 22.2 Å². The summed E-state index contributed by atoms with van der Waals surface area (Å²) in [6, 6.07) is 20.1. The van der Waals surface area contributed by atoms with Gasteiger partial charge in [-0.1, -0.05) is 30.3 Å². The highest BCUT2D eigenvalue weighted by atomic mass is 16.6. The van der Waals surface area contributed by atoms with E-state index in [1.54, 1.807) is 60.5 Å². The summed E-state index contributed by atoms with van der Waals surface area (Å²) in [4.78, 5) is 55.6. The first kappa shape index (κ1) is 31.1. The van der Waals surface area contributed by atoms with Crippen LogP contribution in [0.5, 0.6) is 0 Å². The molecule has 0 spiro atoms. The van der Waals surface area contributed by atoms with Gasteiger partial charge in [0.1, 0.15) is 0 Å². The molecule has 1 aliphatic rings. The number of nitro groups is 1. The second kappa shape index (κ2) is 13.9. The SMILES string of the molecule is COC(=O)c1ccc(/C(C(C)=O)=C(/Nc2ccc(N(C)C(=O)CN3CCN(C)CC3)cc2)c2ccccc2)c([N+](=O)[O-])c1. The van der Waals surface area contributed by atoms with Crippen molar-refractivity contribution < 1.29 is 24.0 Å². The third kappa shape index (κ3) is 7.51. The van der Waals surface area contributed by atoms with Crippen molar-refractivity contribution in [1.29, 1.82) is 0 Å². The number of methoxy groups -OCH3 is 1. The molecule has 0 aliphatic carbocycles. The number of ketones is 1. The molecule has 0 saturated carbocycles. The third-order valence-corrected chi connectivity index (χ3v) is 7.40. The number of likely N-dealkylation sites (N-methyl/N-ethyl adjacent to an activating group) is 2. The van der Waals surface area contributed by atoms with E-state index in [9.17, 15) is 24.5 Å². The summed E-state index contributed by atoms with van der Waals surface area (Å²) < 4.78 is 4.72. The summed E-state index contributed by atoms with van der Waals surface area (Å²) in [6.45, 7) is 5.21. The zero-order chi connectivity index (χ0) is 31.1. The topological polar surface area (TPSA) is 125 Å². The molecule has 1 saturated heterocycles. The maximum Gasteiger partial charge on any atom is 0.338 e. The van der Waals surface area contributed by atoms with Crippen LogP contribution in [0.4, 0.5) is 17.1 Å². The van der Waals surface area contributed by atoms with E-state index >= 15 is 0 Å². The number of nitro benzene ring substituents is 1. The molecule has 11 heteroatoms. The van der Waals surface area contributed by atoms with Gasteiger partial charge in [-0.2, -0.15) is 0 Å². The molecule has 11 nitrogen and oxygen atoms in total. The van der Waals surface area contributed by atoms with Gasteiger partial charge in [0.15, 0.2) is 5.78 Å². The van der Waals surface area contributed by atoms with Crippen molar-refractivity contribution in [2.24, 2.45) is 0 Å². The number of anilines is 2. The minimum atomic E-state index is -0.725. The molecule has 1 fully saturated rings. The number of hydrogen-bond acceptors (Lipinski definition) is 9. The first-order valence-electron chi connectivity index (χ1n) is 13.8. The minimum Gasteiger partial charge on any atom is -0.465 e. The van der Waals surface area contributed by atoms with Crippen molar-refractivity contribution in [1.82, 2.24) is 9.80 Å². The number of ether oxygens (including phenoxy) is 1. The van der Waals surface area contributed by atoms with Gasteiger partial charge in [0.05, 0.1) is 41.0 Å². The lowest BCUT2D eigenvalue weighted by Gasteiger charge is -2.32. The fraction of sp³-hybridized carbons (Fsp3) is 0.281. The highest BCUT2D eigenvalue weighted by molar-refractivity contribution is 6.29. The second-order valence-corrected chi connectivity index (χ2v) is 10.4. The summed E-state index contributed by atoms with van der Waals surface area (Å²) in [5.41, 5.74) is 2.03. The molecular weight excluding hydrogens is 550 g/mol. The largest absolute Gasteiger partial charge is 0.465 e. The van der Waals surface area contributed by atoms with Crippen LogP contribution in [-0.4, -0.2) is 86.3 Å². The average molecular weight is 586 g/mol. The van der Waals surface area contributed by atoms with Crippen LogP contribution in [0.15, 0.2) is 72.8 Å². The van der Waals surface area contributed by atoms with E-state index in [0.29, 0.717) is 29.2 Å². The number of allylic oxidation sites excluding steroid dienone is 1. The molecule has 0 bridgehead atoms. The number of esters is 1. The van der Waals surface area contributed by atoms with E-state index in [0.717, 1.165) is 32.2 Å². The molecule has 0 radical (unpaired) electrons. The number of piperazine rings is 1. The Bertz CT molecular complexity index is 1530. The van der Waals surface area contributed by atoms with Crippen LogP contribution in [0.1, 0.15) is 28.4 Å². The summed E-state index contributed by atoms with van der Waals surface area (Å²) in [5.74, 6) is -1.15. The first-order valence-corrected chi connectivity index (χ1v) is 13.8. The van der Waals surface area contributed by atoms with E-state index < -0.39 is 22.4 Å². The van der Waals surface area contributed by atoms with Crippen LogP contribution in [0.3, 0.4) is 0 Å². The normalized spacial score (nSPS) is 14.4. The Morgan fingerprint density at radius 2 is 1.60 bits per heavy atom. The minimum absolute atomic E-state index is 0.00282. The molecule has 0 aromatic heterocycles. The molecule has 1 heterocycles. The van der Waals surface area contributed by atoms with Crippen LogP contribution in [0, 0.1) is 10.1 Å². The molecule has 0 unspecified atom stereocenters. The number of Topliss-reactive ketones (excluding diaryl/α,β-unsaturated/α-hetero) is 1. The fourth-order valence-electron chi connectivity index (χ4n) is 4.88. The monoisotopic (exact) mass is 585 g/mol. The van der Waals surface area contributed by atoms with Gasteiger partial charge in [-0.3, -0.25) is 24.6 Å². The number of amides is 1. The van der Waals surface area contributed by atoms with Gasteiger partial charge < -0.3 is 19.9 Å². The van der Waals surface area contributed by atoms with Crippen LogP contribution in [-0.2, 0) is 14.3 Å². The summed E-state index contributed by atoms with van der Waals surface area (Å²) in [7, 11) is 4.99. The van der Waals surface area contributed by atoms with E-state index in [4.69, 9.17) is 4.74 Å². The Kier molecular flexibility index (Phi) is 10.0.